The van der Waals surface area contributed by atoms with Gasteiger partial charge in [-0.25, -0.2) is 0 Å². The fourth-order valence-electron chi connectivity index (χ4n) is 7.04. The van der Waals surface area contributed by atoms with Crippen molar-refractivity contribution in [1.82, 2.24) is 0 Å². The van der Waals surface area contributed by atoms with Gasteiger partial charge in [0.2, 0.25) is 0 Å². The van der Waals surface area contributed by atoms with Crippen molar-refractivity contribution in [2.75, 3.05) is 0 Å². The van der Waals surface area contributed by atoms with Gasteiger partial charge in [0.05, 0.1) is 11.5 Å². The summed E-state index contributed by atoms with van der Waals surface area (Å²) >= 11 is 0. The van der Waals surface area contributed by atoms with Crippen LogP contribution in [0.1, 0.15) is 65.7 Å². The second-order valence-electron chi connectivity index (χ2n) is 9.30. The standard InChI is InChI=1S/C21H29NO/c1-13-10-14-11-15(23)4-5-16(14)17-6-9-21(3)18(19(13)17)7-8-20(21,2)12-22/h11,13,16-19H,4-10H2,1-3H3/t13-,16?,17?,18?,19?,20-,21?/m1/s1. The van der Waals surface area contributed by atoms with Crippen LogP contribution >= 0.6 is 0 Å². The van der Waals surface area contributed by atoms with Gasteiger partial charge in [-0.05, 0) is 86.5 Å². The van der Waals surface area contributed by atoms with Crippen molar-refractivity contribution < 1.29 is 4.79 Å². The van der Waals surface area contributed by atoms with Crippen LogP contribution in [0.5, 0.6) is 0 Å². The van der Waals surface area contributed by atoms with Crippen LogP contribution in [-0.4, -0.2) is 5.78 Å². The van der Waals surface area contributed by atoms with E-state index in [1.807, 2.05) is 6.08 Å². The van der Waals surface area contributed by atoms with Crippen molar-refractivity contribution in [3.05, 3.63) is 11.6 Å². The van der Waals surface area contributed by atoms with Crippen molar-refractivity contribution in [3.8, 4) is 6.07 Å². The highest BCUT2D eigenvalue weighted by Crippen LogP contribution is 2.68. The van der Waals surface area contributed by atoms with Crippen LogP contribution < -0.4 is 0 Å². The lowest BCUT2D eigenvalue weighted by Gasteiger charge is -2.57. The number of nitriles is 1. The predicted molar refractivity (Wildman–Crippen MR) is 90.4 cm³/mol. The highest BCUT2D eigenvalue weighted by Gasteiger charge is 2.62. The molecule has 4 aliphatic rings. The molecule has 0 aromatic heterocycles. The van der Waals surface area contributed by atoms with Crippen molar-refractivity contribution in [2.45, 2.75) is 65.7 Å². The molecule has 2 nitrogen and oxygen atoms in total. The molecule has 0 amide bonds. The van der Waals surface area contributed by atoms with Gasteiger partial charge in [0, 0.05) is 6.42 Å². The second-order valence-corrected chi connectivity index (χ2v) is 9.30. The maximum absolute atomic E-state index is 11.8. The highest BCUT2D eigenvalue weighted by atomic mass is 16.1. The summed E-state index contributed by atoms with van der Waals surface area (Å²) in [5.74, 6) is 3.91. The fraction of sp³-hybridized carbons (Fsp3) is 0.810. The number of carbonyl (C=O) groups is 1. The molecule has 23 heavy (non-hydrogen) atoms. The molecular weight excluding hydrogens is 282 g/mol. The van der Waals surface area contributed by atoms with Crippen LogP contribution in [0.25, 0.3) is 0 Å². The molecule has 0 aromatic rings. The molecule has 3 fully saturated rings. The maximum Gasteiger partial charge on any atom is 0.155 e. The van der Waals surface area contributed by atoms with Gasteiger partial charge >= 0.3 is 0 Å². The zero-order valence-electron chi connectivity index (χ0n) is 14.8. The second kappa shape index (κ2) is 4.95. The molecule has 0 aromatic carbocycles. The number of allylic oxidation sites excluding steroid dienone is 1. The van der Waals surface area contributed by atoms with Crippen LogP contribution in [-0.2, 0) is 4.79 Å². The molecule has 2 heteroatoms. The molecule has 0 N–H and O–H groups in total. The van der Waals surface area contributed by atoms with Gasteiger partial charge in [0.15, 0.2) is 5.78 Å². The molecular formula is C21H29NO. The fourth-order valence-corrected chi connectivity index (χ4v) is 7.04. The van der Waals surface area contributed by atoms with E-state index in [1.165, 1.54) is 24.8 Å². The Morgan fingerprint density at radius 3 is 2.74 bits per heavy atom. The maximum atomic E-state index is 11.8. The number of fused-ring (bicyclic) bond motifs is 5. The van der Waals surface area contributed by atoms with Crippen molar-refractivity contribution in [3.63, 3.8) is 0 Å². The topological polar surface area (TPSA) is 40.9 Å². The highest BCUT2D eigenvalue weighted by molar-refractivity contribution is 5.91. The summed E-state index contributed by atoms with van der Waals surface area (Å²) in [5, 5.41) is 9.81. The molecule has 3 saturated carbocycles. The summed E-state index contributed by atoms with van der Waals surface area (Å²) in [6, 6.07) is 2.70. The monoisotopic (exact) mass is 311 g/mol. The molecule has 124 valence electrons. The molecule has 7 atom stereocenters. The lowest BCUT2D eigenvalue weighted by atomic mass is 9.47. The van der Waals surface area contributed by atoms with Gasteiger partial charge in [-0.1, -0.05) is 19.4 Å². The summed E-state index contributed by atoms with van der Waals surface area (Å²) in [5.41, 5.74) is 1.52. The summed E-state index contributed by atoms with van der Waals surface area (Å²) in [6.45, 7) is 7.03. The molecule has 0 heterocycles. The van der Waals surface area contributed by atoms with Gasteiger partial charge in [-0.3, -0.25) is 4.79 Å². The Kier molecular flexibility index (Phi) is 3.32. The van der Waals surface area contributed by atoms with Gasteiger partial charge in [-0.2, -0.15) is 5.26 Å². The Bertz CT molecular complexity index is 614. The normalized spacial score (nSPS) is 52.0. The van der Waals surface area contributed by atoms with Crippen LogP contribution in [0, 0.1) is 51.8 Å². The summed E-state index contributed by atoms with van der Waals surface area (Å²) < 4.78 is 0. The number of hydrogen-bond donors (Lipinski definition) is 0. The van der Waals surface area contributed by atoms with Crippen molar-refractivity contribution in [1.29, 1.82) is 5.26 Å². The zero-order valence-corrected chi connectivity index (χ0v) is 14.8. The lowest BCUT2D eigenvalue weighted by molar-refractivity contribution is -0.116. The Labute approximate surface area is 140 Å². The first-order chi connectivity index (χ1) is 10.9. The number of hydrogen-bond acceptors (Lipinski definition) is 2. The minimum Gasteiger partial charge on any atom is -0.295 e. The third-order valence-corrected chi connectivity index (χ3v) is 8.49. The summed E-state index contributed by atoms with van der Waals surface area (Å²) in [4.78, 5) is 11.8. The first-order valence-corrected chi connectivity index (χ1v) is 9.54. The molecule has 0 saturated heterocycles. The Morgan fingerprint density at radius 2 is 2.00 bits per heavy atom. The first-order valence-electron chi connectivity index (χ1n) is 9.54. The van der Waals surface area contributed by atoms with E-state index in [4.69, 9.17) is 0 Å². The zero-order chi connectivity index (χ0) is 16.4. The summed E-state index contributed by atoms with van der Waals surface area (Å²) in [7, 11) is 0. The smallest absolute Gasteiger partial charge is 0.155 e. The van der Waals surface area contributed by atoms with E-state index >= 15 is 0 Å². The van der Waals surface area contributed by atoms with Crippen molar-refractivity contribution >= 4 is 5.78 Å². The van der Waals surface area contributed by atoms with Crippen LogP contribution in [0.4, 0.5) is 0 Å². The third-order valence-electron chi connectivity index (χ3n) is 8.49. The molecule has 4 rings (SSSR count). The molecule has 0 spiro atoms. The number of carbonyl (C=O) groups excluding carboxylic acids is 1. The minimum absolute atomic E-state index is 0.138. The minimum atomic E-state index is -0.138. The Balaban J connectivity index is 1.70. The van der Waals surface area contributed by atoms with Crippen LogP contribution in [0.2, 0.25) is 0 Å². The molecule has 0 aliphatic heterocycles. The van der Waals surface area contributed by atoms with Gasteiger partial charge in [0.25, 0.3) is 0 Å². The largest absolute Gasteiger partial charge is 0.295 e. The van der Waals surface area contributed by atoms with E-state index in [0.29, 0.717) is 23.5 Å². The summed E-state index contributed by atoms with van der Waals surface area (Å²) in [6.07, 6.45) is 9.71. The predicted octanol–water partition coefficient (Wildman–Crippen LogP) is 4.90. The molecule has 5 unspecified atom stereocenters. The van der Waals surface area contributed by atoms with Crippen molar-refractivity contribution in [2.24, 2.45) is 40.4 Å². The number of ketones is 1. The molecule has 4 aliphatic carbocycles. The molecule has 0 radical (unpaired) electrons. The van der Waals surface area contributed by atoms with E-state index in [-0.39, 0.29) is 10.8 Å². The van der Waals surface area contributed by atoms with E-state index in [1.54, 1.807) is 0 Å². The van der Waals surface area contributed by atoms with E-state index < -0.39 is 0 Å². The lowest BCUT2D eigenvalue weighted by Crippen LogP contribution is -2.51. The van der Waals surface area contributed by atoms with Crippen LogP contribution in [0.15, 0.2) is 11.6 Å². The average Bonchev–Trinajstić information content (AvgIpc) is 2.79. The first kappa shape index (κ1) is 15.4. The number of rotatable bonds is 0. The van der Waals surface area contributed by atoms with Crippen LogP contribution in [0.3, 0.4) is 0 Å². The molecule has 0 bridgehead atoms. The van der Waals surface area contributed by atoms with E-state index in [2.05, 4.69) is 26.8 Å². The van der Waals surface area contributed by atoms with Gasteiger partial charge < -0.3 is 0 Å². The van der Waals surface area contributed by atoms with E-state index in [0.717, 1.165) is 37.5 Å². The third kappa shape index (κ3) is 1.95. The average molecular weight is 311 g/mol. The number of nitrogens with zero attached hydrogens (tertiary/aromatic N) is 1. The SMILES string of the molecule is C[C@@H]1CC2=CC(=O)CCC2C2CCC3(C)C(CC[C@]3(C)C#N)C21. The van der Waals surface area contributed by atoms with Gasteiger partial charge in [-0.15, -0.1) is 0 Å². The quantitative estimate of drug-likeness (QED) is 0.638. The Morgan fingerprint density at radius 1 is 1.22 bits per heavy atom. The van der Waals surface area contributed by atoms with E-state index in [9.17, 15) is 10.1 Å². The Hall–Kier alpha value is -1.10. The van der Waals surface area contributed by atoms with Gasteiger partial charge in [0.1, 0.15) is 0 Å².